The zero-order valence-electron chi connectivity index (χ0n) is 8.76. The van der Waals surface area contributed by atoms with Crippen molar-refractivity contribution in [3.05, 3.63) is 33.3 Å². The second-order valence-corrected chi connectivity index (χ2v) is 4.98. The van der Waals surface area contributed by atoms with Crippen LogP contribution in [0.3, 0.4) is 0 Å². The first-order valence-electron chi connectivity index (χ1n) is 5.55. The topological polar surface area (TPSA) is 17.1 Å². The Bertz CT molecular complexity index is 371. The van der Waals surface area contributed by atoms with E-state index < -0.39 is 0 Å². The third kappa shape index (κ3) is 2.49. The van der Waals surface area contributed by atoms with E-state index >= 15 is 0 Å². The summed E-state index contributed by atoms with van der Waals surface area (Å²) < 4.78 is 1.24. The van der Waals surface area contributed by atoms with Crippen LogP contribution in [0.2, 0.25) is 0 Å². The Balaban J connectivity index is 2.27. The lowest BCUT2D eigenvalue weighted by Crippen LogP contribution is -2.04. The lowest BCUT2D eigenvalue weighted by Gasteiger charge is -2.18. The summed E-state index contributed by atoms with van der Waals surface area (Å²) in [5.74, 6) is 0. The Labute approximate surface area is 99.0 Å². The van der Waals surface area contributed by atoms with Crippen LogP contribution in [0.25, 0.3) is 0 Å². The molecule has 0 amide bonds. The molecule has 0 saturated carbocycles. The molecule has 2 heteroatoms. The third-order valence-corrected chi connectivity index (χ3v) is 3.73. The molecule has 0 spiro atoms. The third-order valence-electron chi connectivity index (χ3n) is 3.02. The number of hydrogen-bond donors (Lipinski definition) is 0. The van der Waals surface area contributed by atoms with Crippen molar-refractivity contribution in [2.24, 2.45) is 0 Å². The molecule has 0 aliphatic heterocycles. The minimum Gasteiger partial charge on any atom is -0.303 e. The fourth-order valence-electron chi connectivity index (χ4n) is 2.25. The molecule has 1 aromatic rings. The summed E-state index contributed by atoms with van der Waals surface area (Å²) in [6, 6.07) is 4.45. The van der Waals surface area contributed by atoms with Gasteiger partial charge in [-0.15, -0.1) is 0 Å². The highest BCUT2D eigenvalue weighted by Crippen LogP contribution is 2.29. The number of rotatable bonds is 3. The predicted octanol–water partition coefficient (Wildman–Crippen LogP) is 3.46. The first-order valence-corrected chi connectivity index (χ1v) is 6.34. The average molecular weight is 267 g/mol. The lowest BCUT2D eigenvalue weighted by molar-refractivity contribution is -0.107. The summed E-state index contributed by atoms with van der Waals surface area (Å²) >= 11 is 3.64. The SMILES string of the molecule is O=CCCc1cc(Br)c2c(c1)CCCC2. The van der Waals surface area contributed by atoms with Crippen LogP contribution in [0.4, 0.5) is 0 Å². The molecule has 0 atom stereocenters. The van der Waals surface area contributed by atoms with Crippen LogP contribution < -0.4 is 0 Å². The first kappa shape index (κ1) is 10.9. The van der Waals surface area contributed by atoms with Crippen LogP contribution >= 0.6 is 15.9 Å². The number of aryl methyl sites for hydroxylation is 2. The molecule has 1 aromatic carbocycles. The van der Waals surface area contributed by atoms with E-state index in [0.717, 1.165) is 12.7 Å². The van der Waals surface area contributed by atoms with E-state index in [2.05, 4.69) is 28.1 Å². The van der Waals surface area contributed by atoms with Crippen molar-refractivity contribution in [2.45, 2.75) is 38.5 Å². The normalized spacial score (nSPS) is 14.7. The maximum absolute atomic E-state index is 10.3. The number of carbonyl (C=O) groups is 1. The number of fused-ring (bicyclic) bond motifs is 1. The van der Waals surface area contributed by atoms with Crippen molar-refractivity contribution in [1.29, 1.82) is 0 Å². The van der Waals surface area contributed by atoms with Crippen LogP contribution in [-0.2, 0) is 24.1 Å². The smallest absolute Gasteiger partial charge is 0.120 e. The van der Waals surface area contributed by atoms with E-state index in [1.54, 1.807) is 0 Å². The number of hydrogen-bond acceptors (Lipinski definition) is 1. The molecule has 80 valence electrons. The van der Waals surface area contributed by atoms with Gasteiger partial charge in [-0.25, -0.2) is 0 Å². The molecule has 0 heterocycles. The molecule has 2 rings (SSSR count). The second-order valence-electron chi connectivity index (χ2n) is 4.13. The molecule has 0 aromatic heterocycles. The fraction of sp³-hybridized carbons (Fsp3) is 0.462. The van der Waals surface area contributed by atoms with Crippen molar-refractivity contribution in [2.75, 3.05) is 0 Å². The van der Waals surface area contributed by atoms with Gasteiger partial charge in [0.1, 0.15) is 6.29 Å². The van der Waals surface area contributed by atoms with Gasteiger partial charge in [-0.3, -0.25) is 0 Å². The monoisotopic (exact) mass is 266 g/mol. The van der Waals surface area contributed by atoms with E-state index in [0.29, 0.717) is 6.42 Å². The Hall–Kier alpha value is -0.630. The molecule has 1 aliphatic carbocycles. The highest BCUT2D eigenvalue weighted by atomic mass is 79.9. The largest absolute Gasteiger partial charge is 0.303 e. The molecule has 0 bridgehead atoms. The van der Waals surface area contributed by atoms with E-state index in [9.17, 15) is 4.79 Å². The molecule has 0 unspecified atom stereocenters. The van der Waals surface area contributed by atoms with Gasteiger partial charge in [-0.2, -0.15) is 0 Å². The number of halogens is 1. The van der Waals surface area contributed by atoms with E-state index in [4.69, 9.17) is 0 Å². The molecule has 0 fully saturated rings. The standard InChI is InChI=1S/C13H15BrO/c14-13-9-10(4-3-7-15)8-11-5-1-2-6-12(11)13/h7-9H,1-6H2. The lowest BCUT2D eigenvalue weighted by atomic mass is 9.90. The van der Waals surface area contributed by atoms with Crippen molar-refractivity contribution in [3.8, 4) is 0 Å². The average Bonchev–Trinajstić information content (AvgIpc) is 2.26. The summed E-state index contributed by atoms with van der Waals surface area (Å²) in [5.41, 5.74) is 4.25. The summed E-state index contributed by atoms with van der Waals surface area (Å²) in [6.45, 7) is 0. The minimum atomic E-state index is 0.630. The van der Waals surface area contributed by atoms with Crippen LogP contribution in [0, 0.1) is 0 Å². The Morgan fingerprint density at radius 2 is 2.07 bits per heavy atom. The van der Waals surface area contributed by atoms with Gasteiger partial charge in [-0.05, 0) is 54.9 Å². The Morgan fingerprint density at radius 3 is 2.87 bits per heavy atom. The summed E-state index contributed by atoms with van der Waals surface area (Å²) in [7, 11) is 0. The highest BCUT2D eigenvalue weighted by molar-refractivity contribution is 9.10. The van der Waals surface area contributed by atoms with Gasteiger partial charge in [0.25, 0.3) is 0 Å². The molecular formula is C13H15BrO. The van der Waals surface area contributed by atoms with Crippen LogP contribution in [-0.4, -0.2) is 6.29 Å². The van der Waals surface area contributed by atoms with Gasteiger partial charge in [0.15, 0.2) is 0 Å². The van der Waals surface area contributed by atoms with E-state index in [1.807, 2.05) is 0 Å². The molecule has 1 nitrogen and oxygen atoms in total. The molecule has 0 N–H and O–H groups in total. The molecule has 0 radical (unpaired) electrons. The predicted molar refractivity (Wildman–Crippen MR) is 65.2 cm³/mol. The van der Waals surface area contributed by atoms with Crippen molar-refractivity contribution in [1.82, 2.24) is 0 Å². The van der Waals surface area contributed by atoms with E-state index in [1.165, 1.54) is 46.8 Å². The first-order chi connectivity index (χ1) is 7.31. The van der Waals surface area contributed by atoms with Gasteiger partial charge >= 0.3 is 0 Å². The highest BCUT2D eigenvalue weighted by Gasteiger charge is 2.13. The number of carbonyl (C=O) groups excluding carboxylic acids is 1. The summed E-state index contributed by atoms with van der Waals surface area (Å²) in [6.07, 6.45) is 7.50. The zero-order valence-corrected chi connectivity index (χ0v) is 10.3. The summed E-state index contributed by atoms with van der Waals surface area (Å²) in [5, 5.41) is 0. The van der Waals surface area contributed by atoms with Crippen LogP contribution in [0.1, 0.15) is 36.0 Å². The quantitative estimate of drug-likeness (QED) is 0.766. The molecule has 15 heavy (non-hydrogen) atoms. The van der Waals surface area contributed by atoms with Crippen molar-refractivity contribution < 1.29 is 4.79 Å². The van der Waals surface area contributed by atoms with Crippen LogP contribution in [0.15, 0.2) is 16.6 Å². The van der Waals surface area contributed by atoms with Gasteiger partial charge < -0.3 is 4.79 Å². The van der Waals surface area contributed by atoms with Gasteiger partial charge in [0.2, 0.25) is 0 Å². The maximum atomic E-state index is 10.3. The number of benzene rings is 1. The van der Waals surface area contributed by atoms with E-state index in [-0.39, 0.29) is 0 Å². The Morgan fingerprint density at radius 1 is 1.27 bits per heavy atom. The van der Waals surface area contributed by atoms with Gasteiger partial charge in [-0.1, -0.05) is 22.0 Å². The van der Waals surface area contributed by atoms with Crippen molar-refractivity contribution >= 4 is 22.2 Å². The number of aldehydes is 1. The molecular weight excluding hydrogens is 252 g/mol. The Kier molecular flexibility index (Phi) is 3.57. The van der Waals surface area contributed by atoms with Crippen LogP contribution in [0.5, 0.6) is 0 Å². The zero-order chi connectivity index (χ0) is 10.7. The minimum absolute atomic E-state index is 0.630. The van der Waals surface area contributed by atoms with Gasteiger partial charge in [0, 0.05) is 10.9 Å². The van der Waals surface area contributed by atoms with Gasteiger partial charge in [0.05, 0.1) is 0 Å². The second kappa shape index (κ2) is 4.93. The molecule has 0 saturated heterocycles. The maximum Gasteiger partial charge on any atom is 0.120 e. The fourth-order valence-corrected chi connectivity index (χ4v) is 2.99. The van der Waals surface area contributed by atoms with Crippen molar-refractivity contribution in [3.63, 3.8) is 0 Å². The molecule has 1 aliphatic rings. The summed E-state index contributed by atoms with van der Waals surface area (Å²) in [4.78, 5) is 10.3.